The molecule has 0 atom stereocenters. The zero-order chi connectivity index (χ0) is 15.8. The highest BCUT2D eigenvalue weighted by atomic mass is 32.2. The predicted molar refractivity (Wildman–Crippen MR) is 74.6 cm³/mol. The maximum Gasteiger partial charge on any atom is 0.252 e. The third-order valence-corrected chi connectivity index (χ3v) is 3.89. The number of aromatic hydroxyl groups is 1. The highest BCUT2D eigenvalue weighted by Gasteiger charge is 2.14. The Balaban J connectivity index is 2.57. The largest absolute Gasteiger partial charge is 0.503 e. The van der Waals surface area contributed by atoms with E-state index in [0.717, 1.165) is 17.1 Å². The van der Waals surface area contributed by atoms with Gasteiger partial charge in [0, 0.05) is 13.2 Å². The lowest BCUT2D eigenvalue weighted by Gasteiger charge is -2.08. The molecule has 0 aliphatic carbocycles. The molecule has 7 nitrogen and oxygen atoms in total. The first kappa shape index (κ1) is 14.9. The van der Waals surface area contributed by atoms with Crippen LogP contribution in [0.3, 0.4) is 0 Å². The average Bonchev–Trinajstić information content (AvgIpc) is 2.40. The van der Waals surface area contributed by atoms with E-state index in [1.807, 2.05) is 0 Å². The minimum Gasteiger partial charge on any atom is -0.503 e. The van der Waals surface area contributed by atoms with Crippen LogP contribution in [0, 0.1) is 0 Å². The molecule has 0 saturated heterocycles. The van der Waals surface area contributed by atoms with Crippen molar-refractivity contribution in [1.29, 1.82) is 0 Å². The lowest BCUT2D eigenvalue weighted by molar-refractivity contribution is 0.100. The first-order chi connectivity index (χ1) is 9.70. The second-order valence-electron chi connectivity index (χ2n) is 4.46. The number of nitrogens with zero attached hydrogens (tertiary/aromatic N) is 2. The molecule has 110 valence electrons. The zero-order valence-electron chi connectivity index (χ0n) is 11.3. The van der Waals surface area contributed by atoms with Crippen molar-refractivity contribution in [3.05, 3.63) is 46.4 Å². The Kier molecular flexibility index (Phi) is 3.65. The molecule has 0 spiro atoms. The fraction of sp³-hybridized carbons (Fsp3) is 0.154. The fourth-order valence-corrected chi connectivity index (χ4v) is 2.32. The number of carbonyl (C=O) groups is 1. The van der Waals surface area contributed by atoms with Gasteiger partial charge in [0.2, 0.25) is 0 Å². The number of aromatic nitrogens is 2. The van der Waals surface area contributed by atoms with E-state index in [1.165, 1.54) is 31.2 Å². The molecule has 2 aromatic rings. The molecule has 1 aromatic carbocycles. The monoisotopic (exact) mass is 308 g/mol. The number of rotatable bonds is 3. The third kappa shape index (κ3) is 3.00. The van der Waals surface area contributed by atoms with Crippen LogP contribution in [-0.4, -0.2) is 35.3 Å². The van der Waals surface area contributed by atoms with Crippen molar-refractivity contribution in [1.82, 2.24) is 9.78 Å². The van der Waals surface area contributed by atoms with E-state index in [0.29, 0.717) is 5.69 Å². The fourth-order valence-electron chi connectivity index (χ4n) is 1.69. The van der Waals surface area contributed by atoms with Crippen molar-refractivity contribution < 1.29 is 18.3 Å². The number of Topliss-reactive ketones (excluding diaryl/α,β-unsaturated/α-hetero) is 1. The minimum absolute atomic E-state index is 0.128. The first-order valence-corrected chi connectivity index (χ1v) is 7.73. The van der Waals surface area contributed by atoms with Gasteiger partial charge in [-0.05, 0) is 24.3 Å². The Morgan fingerprint density at radius 2 is 1.81 bits per heavy atom. The van der Waals surface area contributed by atoms with E-state index in [1.54, 1.807) is 0 Å². The van der Waals surface area contributed by atoms with E-state index < -0.39 is 26.8 Å². The maximum absolute atomic E-state index is 11.6. The molecule has 8 heteroatoms. The second kappa shape index (κ2) is 5.13. The van der Waals surface area contributed by atoms with Crippen LogP contribution in [0.15, 0.2) is 40.2 Å². The number of ketones is 1. The van der Waals surface area contributed by atoms with Gasteiger partial charge in [-0.25, -0.2) is 13.1 Å². The summed E-state index contributed by atoms with van der Waals surface area (Å²) in [4.78, 5) is 23.0. The smallest absolute Gasteiger partial charge is 0.252 e. The molecule has 0 unspecified atom stereocenters. The van der Waals surface area contributed by atoms with Crippen LogP contribution in [-0.2, 0) is 9.84 Å². The molecule has 0 radical (unpaired) electrons. The van der Waals surface area contributed by atoms with Crippen LogP contribution in [0.2, 0.25) is 0 Å². The van der Waals surface area contributed by atoms with Gasteiger partial charge in [0.15, 0.2) is 27.1 Å². The summed E-state index contributed by atoms with van der Waals surface area (Å²) in [5.74, 6) is -1.18. The lowest BCUT2D eigenvalue weighted by atomic mass is 10.2. The summed E-state index contributed by atoms with van der Waals surface area (Å²) in [6.07, 6.45) is 2.14. The van der Waals surface area contributed by atoms with Crippen molar-refractivity contribution in [2.24, 2.45) is 0 Å². The van der Waals surface area contributed by atoms with Crippen molar-refractivity contribution in [3.8, 4) is 11.4 Å². The summed E-state index contributed by atoms with van der Waals surface area (Å²) >= 11 is 0. The van der Waals surface area contributed by atoms with Gasteiger partial charge in [0.25, 0.3) is 5.43 Å². The molecule has 0 aliphatic rings. The topological polar surface area (TPSA) is 106 Å². The Morgan fingerprint density at radius 1 is 1.24 bits per heavy atom. The van der Waals surface area contributed by atoms with Gasteiger partial charge in [0.05, 0.1) is 16.8 Å². The molecule has 21 heavy (non-hydrogen) atoms. The lowest BCUT2D eigenvalue weighted by Crippen LogP contribution is -2.19. The SMILES string of the molecule is CC(=O)c1nn(-c2ccc(S(C)(=O)=O)cc2)cc(O)c1=O. The highest BCUT2D eigenvalue weighted by Crippen LogP contribution is 2.14. The van der Waals surface area contributed by atoms with Crippen LogP contribution in [0.4, 0.5) is 0 Å². The molecule has 1 N–H and O–H groups in total. The predicted octanol–water partition coefficient (Wildman–Crippen LogP) is 0.544. The minimum atomic E-state index is -3.32. The van der Waals surface area contributed by atoms with Crippen LogP contribution in [0.5, 0.6) is 5.75 Å². The summed E-state index contributed by atoms with van der Waals surface area (Å²) in [6, 6.07) is 5.65. The summed E-state index contributed by atoms with van der Waals surface area (Å²) in [6.45, 7) is 1.17. The van der Waals surface area contributed by atoms with E-state index in [4.69, 9.17) is 0 Å². The molecule has 0 bridgehead atoms. The molecular weight excluding hydrogens is 296 g/mol. The number of hydrogen-bond acceptors (Lipinski definition) is 6. The van der Waals surface area contributed by atoms with Gasteiger partial charge in [-0.1, -0.05) is 0 Å². The van der Waals surface area contributed by atoms with Gasteiger partial charge in [-0.2, -0.15) is 5.10 Å². The average molecular weight is 308 g/mol. The molecule has 0 aliphatic heterocycles. The Bertz CT molecular complexity index is 866. The number of benzene rings is 1. The molecule has 1 heterocycles. The van der Waals surface area contributed by atoms with Crippen molar-refractivity contribution in [2.75, 3.05) is 6.26 Å². The normalized spacial score (nSPS) is 11.3. The second-order valence-corrected chi connectivity index (χ2v) is 6.47. The van der Waals surface area contributed by atoms with Gasteiger partial charge in [0.1, 0.15) is 0 Å². The standard InChI is InChI=1S/C13H12N2O5S/c1-8(16)12-13(18)11(17)7-15(14-12)9-3-5-10(6-4-9)21(2,19)20/h3-7,17H,1-2H3. The van der Waals surface area contributed by atoms with Gasteiger partial charge in [-0.15, -0.1) is 0 Å². The summed E-state index contributed by atoms with van der Waals surface area (Å²) < 4.78 is 23.9. The van der Waals surface area contributed by atoms with E-state index in [-0.39, 0.29) is 10.6 Å². The summed E-state index contributed by atoms with van der Waals surface area (Å²) in [5.41, 5.74) is -0.825. The molecule has 0 fully saturated rings. The summed E-state index contributed by atoms with van der Waals surface area (Å²) in [5, 5.41) is 13.4. The Morgan fingerprint density at radius 3 is 2.29 bits per heavy atom. The van der Waals surface area contributed by atoms with Gasteiger partial charge < -0.3 is 5.11 Å². The Hall–Kier alpha value is -2.48. The Labute approximate surface area is 120 Å². The molecule has 1 aromatic heterocycles. The number of hydrogen-bond donors (Lipinski definition) is 1. The van der Waals surface area contributed by atoms with Crippen LogP contribution in [0.25, 0.3) is 5.69 Å². The van der Waals surface area contributed by atoms with Gasteiger partial charge >= 0.3 is 0 Å². The number of sulfone groups is 1. The van der Waals surface area contributed by atoms with Crippen LogP contribution in [0.1, 0.15) is 17.4 Å². The van der Waals surface area contributed by atoms with Crippen molar-refractivity contribution in [3.63, 3.8) is 0 Å². The number of carbonyl (C=O) groups excluding carboxylic acids is 1. The summed E-state index contributed by atoms with van der Waals surface area (Å²) in [7, 11) is -3.32. The zero-order valence-corrected chi connectivity index (χ0v) is 12.1. The highest BCUT2D eigenvalue weighted by molar-refractivity contribution is 7.90. The molecule has 0 saturated carbocycles. The van der Waals surface area contributed by atoms with Crippen molar-refractivity contribution >= 4 is 15.6 Å². The quantitative estimate of drug-likeness (QED) is 0.830. The third-order valence-electron chi connectivity index (χ3n) is 2.76. The van der Waals surface area contributed by atoms with Crippen LogP contribution < -0.4 is 5.43 Å². The first-order valence-electron chi connectivity index (χ1n) is 5.84. The molecule has 0 amide bonds. The molecule has 2 rings (SSSR count). The van der Waals surface area contributed by atoms with E-state index in [9.17, 15) is 23.1 Å². The molecular formula is C13H12N2O5S. The van der Waals surface area contributed by atoms with E-state index >= 15 is 0 Å². The van der Waals surface area contributed by atoms with Crippen LogP contribution >= 0.6 is 0 Å². The maximum atomic E-state index is 11.6. The van der Waals surface area contributed by atoms with E-state index in [2.05, 4.69) is 5.10 Å². The van der Waals surface area contributed by atoms with Gasteiger partial charge in [-0.3, -0.25) is 9.59 Å². The van der Waals surface area contributed by atoms with Crippen molar-refractivity contribution in [2.45, 2.75) is 11.8 Å².